The summed E-state index contributed by atoms with van der Waals surface area (Å²) in [4.78, 5) is 22.5. The Morgan fingerprint density at radius 1 is 1.00 bits per heavy atom. The Morgan fingerprint density at radius 2 is 1.67 bits per heavy atom. The molecule has 0 spiro atoms. The van der Waals surface area contributed by atoms with Gasteiger partial charge in [-0.05, 0) is 19.9 Å². The van der Waals surface area contributed by atoms with Crippen LogP contribution in [0.5, 0.6) is 0 Å². The quantitative estimate of drug-likeness (QED) is 0.340. The fourth-order valence-corrected chi connectivity index (χ4v) is 1.54. The fraction of sp³-hybridized carbons (Fsp3) is 0.857. The number of carbonyl (C=O) groups excluding carboxylic acids is 2. The van der Waals surface area contributed by atoms with Crippen molar-refractivity contribution in [3.8, 4) is 0 Å². The summed E-state index contributed by atoms with van der Waals surface area (Å²) >= 11 is 0. The zero-order valence-electron chi connectivity index (χ0n) is 13.5. The monoisotopic (exact) mass is 304 g/mol. The maximum atomic E-state index is 11.4. The summed E-state index contributed by atoms with van der Waals surface area (Å²) in [5.41, 5.74) is -0.536. The number of amides is 1. The highest BCUT2D eigenvalue weighted by Gasteiger charge is 2.32. The molecule has 0 saturated heterocycles. The van der Waals surface area contributed by atoms with Gasteiger partial charge >= 0.3 is 12.1 Å². The summed E-state index contributed by atoms with van der Waals surface area (Å²) < 4.78 is 15.8. The number of alkyl carbamates (subject to hydrolysis) is 1. The molecular formula is C14H28N2O5. The number of nitrogens with one attached hydrogen (secondary N) is 2. The minimum absolute atomic E-state index is 0.134. The van der Waals surface area contributed by atoms with Crippen LogP contribution in [0.2, 0.25) is 0 Å². The van der Waals surface area contributed by atoms with E-state index < -0.39 is 11.5 Å². The van der Waals surface area contributed by atoms with Gasteiger partial charge in [-0.1, -0.05) is 13.8 Å². The van der Waals surface area contributed by atoms with Gasteiger partial charge in [0.25, 0.3) is 0 Å². The third-order valence-corrected chi connectivity index (χ3v) is 3.02. The van der Waals surface area contributed by atoms with Gasteiger partial charge in [0.05, 0.1) is 18.8 Å². The molecule has 0 aromatic heterocycles. The van der Waals surface area contributed by atoms with Gasteiger partial charge in [-0.15, -0.1) is 0 Å². The van der Waals surface area contributed by atoms with E-state index in [0.29, 0.717) is 26.3 Å². The molecule has 7 nitrogen and oxygen atoms in total. The van der Waals surface area contributed by atoms with E-state index in [1.54, 1.807) is 0 Å². The van der Waals surface area contributed by atoms with E-state index in [9.17, 15) is 9.59 Å². The fourth-order valence-electron chi connectivity index (χ4n) is 1.54. The molecular weight excluding hydrogens is 276 g/mol. The van der Waals surface area contributed by atoms with Crippen LogP contribution in [-0.4, -0.2) is 51.7 Å². The second-order valence-corrected chi connectivity index (χ2v) is 4.84. The lowest BCUT2D eigenvalue weighted by atomic mass is 9.88. The molecule has 2 N–H and O–H groups in total. The van der Waals surface area contributed by atoms with E-state index in [4.69, 9.17) is 14.2 Å². The number of rotatable bonds is 11. The van der Waals surface area contributed by atoms with Gasteiger partial charge in [0.1, 0.15) is 13.2 Å². The number of ether oxygens (including phenoxy) is 3. The third-order valence-electron chi connectivity index (χ3n) is 3.02. The predicted molar refractivity (Wildman–Crippen MR) is 78.9 cm³/mol. The molecule has 7 heteroatoms. The number of hydrogen-bond donors (Lipinski definition) is 2. The van der Waals surface area contributed by atoms with E-state index in [1.807, 2.05) is 20.8 Å². The molecule has 0 radical (unpaired) electrons. The lowest BCUT2D eigenvalue weighted by Gasteiger charge is -2.31. The van der Waals surface area contributed by atoms with Crippen LogP contribution in [0.4, 0.5) is 4.79 Å². The van der Waals surface area contributed by atoms with Gasteiger partial charge in [-0.2, -0.15) is 0 Å². The molecule has 1 atom stereocenters. The van der Waals surface area contributed by atoms with E-state index in [2.05, 4.69) is 10.6 Å². The van der Waals surface area contributed by atoms with Gasteiger partial charge in [0.2, 0.25) is 0 Å². The van der Waals surface area contributed by atoms with Crippen molar-refractivity contribution in [3.05, 3.63) is 0 Å². The highest BCUT2D eigenvalue weighted by atomic mass is 16.6. The molecule has 1 unspecified atom stereocenters. The third kappa shape index (κ3) is 9.25. The van der Waals surface area contributed by atoms with Crippen molar-refractivity contribution in [2.75, 3.05) is 39.6 Å². The van der Waals surface area contributed by atoms with Crippen molar-refractivity contribution in [1.82, 2.24) is 10.6 Å². The first-order valence-corrected chi connectivity index (χ1v) is 7.32. The molecule has 0 saturated carbocycles. The van der Waals surface area contributed by atoms with Crippen molar-refractivity contribution in [3.63, 3.8) is 0 Å². The maximum absolute atomic E-state index is 11.4. The lowest BCUT2D eigenvalue weighted by molar-refractivity contribution is -0.148. The van der Waals surface area contributed by atoms with E-state index in [-0.39, 0.29) is 19.2 Å². The van der Waals surface area contributed by atoms with Crippen LogP contribution >= 0.6 is 0 Å². The van der Waals surface area contributed by atoms with Gasteiger partial charge < -0.3 is 19.5 Å². The smallest absolute Gasteiger partial charge is 0.407 e. The summed E-state index contributed by atoms with van der Waals surface area (Å²) in [5, 5.41) is 5.61. The molecule has 0 aromatic rings. The van der Waals surface area contributed by atoms with Gasteiger partial charge in [0.15, 0.2) is 0 Å². The van der Waals surface area contributed by atoms with Gasteiger partial charge in [0, 0.05) is 13.5 Å². The number of esters is 1. The number of carbonyl (C=O) groups is 2. The van der Waals surface area contributed by atoms with Crippen LogP contribution in [0.3, 0.4) is 0 Å². The average Bonchev–Trinajstić information content (AvgIpc) is 2.46. The minimum atomic E-state index is -0.536. The first-order chi connectivity index (χ1) is 9.99. The van der Waals surface area contributed by atoms with Crippen LogP contribution in [0.25, 0.3) is 0 Å². The lowest BCUT2D eigenvalue weighted by Crippen LogP contribution is -2.40. The van der Waals surface area contributed by atoms with Crippen LogP contribution < -0.4 is 10.6 Å². The molecule has 0 aliphatic carbocycles. The number of hydrogen-bond acceptors (Lipinski definition) is 6. The van der Waals surface area contributed by atoms with Crippen molar-refractivity contribution in [2.45, 2.75) is 34.1 Å². The molecule has 0 aromatic carbocycles. The van der Waals surface area contributed by atoms with Crippen LogP contribution in [0, 0.1) is 5.41 Å². The Bertz CT molecular complexity index is 312. The molecule has 0 bridgehead atoms. The van der Waals surface area contributed by atoms with E-state index in [1.165, 1.54) is 6.92 Å². The molecule has 21 heavy (non-hydrogen) atoms. The topological polar surface area (TPSA) is 85.9 Å². The SMILES string of the molecule is CCNCOCC(CC)(COC(C)=O)COC(=O)NCC. The normalized spacial score (nSPS) is 13.3. The van der Waals surface area contributed by atoms with Crippen LogP contribution in [-0.2, 0) is 19.0 Å². The summed E-state index contributed by atoms with van der Waals surface area (Å²) in [7, 11) is 0. The van der Waals surface area contributed by atoms with Gasteiger partial charge in [-0.3, -0.25) is 10.1 Å². The molecule has 1 amide bonds. The Morgan fingerprint density at radius 3 is 2.19 bits per heavy atom. The molecule has 0 heterocycles. The summed E-state index contributed by atoms with van der Waals surface area (Å²) in [6, 6.07) is 0. The average molecular weight is 304 g/mol. The first kappa shape index (κ1) is 19.7. The van der Waals surface area contributed by atoms with Gasteiger partial charge in [-0.25, -0.2) is 4.79 Å². The zero-order valence-corrected chi connectivity index (χ0v) is 13.5. The van der Waals surface area contributed by atoms with Crippen molar-refractivity contribution in [2.24, 2.45) is 5.41 Å². The molecule has 0 aliphatic heterocycles. The Labute approximate surface area is 126 Å². The largest absolute Gasteiger partial charge is 0.465 e. The highest BCUT2D eigenvalue weighted by Crippen LogP contribution is 2.24. The first-order valence-electron chi connectivity index (χ1n) is 7.32. The predicted octanol–water partition coefficient (Wildman–Crippen LogP) is 1.28. The second kappa shape index (κ2) is 11.3. The Balaban J connectivity index is 4.52. The van der Waals surface area contributed by atoms with E-state index in [0.717, 1.165) is 6.54 Å². The van der Waals surface area contributed by atoms with E-state index >= 15 is 0 Å². The molecule has 124 valence electrons. The van der Waals surface area contributed by atoms with Crippen molar-refractivity contribution >= 4 is 12.1 Å². The summed E-state index contributed by atoms with van der Waals surface area (Å²) in [6.07, 6.45) is 0.177. The maximum Gasteiger partial charge on any atom is 0.407 e. The molecule has 0 aliphatic rings. The van der Waals surface area contributed by atoms with Crippen molar-refractivity contribution in [1.29, 1.82) is 0 Å². The van der Waals surface area contributed by atoms with Crippen molar-refractivity contribution < 1.29 is 23.8 Å². The molecule has 0 rings (SSSR count). The van der Waals surface area contributed by atoms with Crippen LogP contribution in [0.1, 0.15) is 34.1 Å². The minimum Gasteiger partial charge on any atom is -0.465 e. The Hall–Kier alpha value is -1.34. The zero-order chi connectivity index (χ0) is 16.1. The summed E-state index contributed by atoms with van der Waals surface area (Å²) in [6.45, 7) is 9.42. The summed E-state index contributed by atoms with van der Waals surface area (Å²) in [5.74, 6) is -0.363. The Kier molecular flexibility index (Phi) is 10.6. The van der Waals surface area contributed by atoms with Crippen LogP contribution in [0.15, 0.2) is 0 Å². The highest BCUT2D eigenvalue weighted by molar-refractivity contribution is 5.67. The second-order valence-electron chi connectivity index (χ2n) is 4.84. The molecule has 0 fully saturated rings. The standard InChI is InChI=1S/C14H28N2O5/c1-5-14(9-20-12(4)17,8-19-11-15-6-2)10-21-13(18)16-7-3/h15H,5-11H2,1-4H3,(H,16,18).